The summed E-state index contributed by atoms with van der Waals surface area (Å²) in [5.74, 6) is 0.761. The number of ether oxygens (including phenoxy) is 1. The zero-order valence-electron chi connectivity index (χ0n) is 29.3. The maximum atomic E-state index is 12.5. The van der Waals surface area contributed by atoms with Gasteiger partial charge in [-0.3, -0.25) is 9.59 Å². The zero-order valence-corrected chi connectivity index (χ0v) is 29.3. The number of carbonyl (C=O) groups excluding carboxylic acids is 2. The molecule has 17 heteroatoms. The molecule has 0 saturated carbocycles. The highest BCUT2D eigenvalue weighted by Crippen LogP contribution is 2.31. The second kappa shape index (κ2) is 15.6. The van der Waals surface area contributed by atoms with E-state index in [2.05, 4.69) is 46.2 Å². The summed E-state index contributed by atoms with van der Waals surface area (Å²) in [5.41, 5.74) is 0.417. The second-order valence-corrected chi connectivity index (χ2v) is 13.6. The number of hydrogen-bond donors (Lipinski definition) is 7. The fourth-order valence-electron chi connectivity index (χ4n) is 5.08. The summed E-state index contributed by atoms with van der Waals surface area (Å²) in [7, 11) is 0. The molecule has 1 aromatic carbocycles. The Bertz CT molecular complexity index is 1890. The van der Waals surface area contributed by atoms with Crippen LogP contribution in [0.2, 0.25) is 0 Å². The Labute approximate surface area is 299 Å². The maximum Gasteiger partial charge on any atom is 0.410 e. The van der Waals surface area contributed by atoms with Crippen molar-refractivity contribution in [3.05, 3.63) is 72.7 Å². The topological polar surface area (TPSA) is 237 Å². The van der Waals surface area contributed by atoms with Crippen molar-refractivity contribution in [2.24, 2.45) is 10.8 Å². The number of benzene rings is 1. The molecule has 52 heavy (non-hydrogen) atoms. The predicted octanol–water partition coefficient (Wildman–Crippen LogP) is 2.95. The summed E-state index contributed by atoms with van der Waals surface area (Å²) in [5, 5.41) is 39.6. The molecule has 2 fully saturated rings. The maximum absolute atomic E-state index is 12.5. The fourth-order valence-corrected chi connectivity index (χ4v) is 5.08. The Morgan fingerprint density at radius 2 is 1.48 bits per heavy atom. The van der Waals surface area contributed by atoms with Gasteiger partial charge in [0.2, 0.25) is 11.9 Å². The molecular weight excluding hydrogens is 672 g/mol. The van der Waals surface area contributed by atoms with E-state index in [1.807, 2.05) is 37.3 Å². The summed E-state index contributed by atoms with van der Waals surface area (Å²) < 4.78 is 5.07. The number of aromatic nitrogens is 5. The second-order valence-electron chi connectivity index (χ2n) is 13.6. The van der Waals surface area contributed by atoms with Gasteiger partial charge < -0.3 is 46.2 Å². The molecule has 2 aliphatic heterocycles. The van der Waals surface area contributed by atoms with Crippen LogP contribution in [0.25, 0.3) is 11.5 Å². The molecule has 274 valence electrons. The highest BCUT2D eigenvalue weighted by atomic mass is 16.6. The number of aliphatic hydroxyl groups is 2. The number of carbonyl (C=O) groups is 3. The number of aliphatic carboxylic acids is 1. The number of aliphatic hydroxyl groups excluding tert-OH is 2. The molecule has 2 amide bonds. The van der Waals surface area contributed by atoms with Gasteiger partial charge in [0.1, 0.15) is 28.3 Å². The number of carboxylic acid groups (broad SMARTS) is 1. The van der Waals surface area contributed by atoms with E-state index >= 15 is 0 Å². The molecule has 6 rings (SSSR count). The number of nitrogens with zero attached hydrogens (tertiary/aromatic N) is 6. The first-order chi connectivity index (χ1) is 24.7. The third-order valence-electron chi connectivity index (χ3n) is 8.19. The number of nitrogens with one attached hydrogen (secondary N) is 4. The van der Waals surface area contributed by atoms with E-state index in [-0.39, 0.29) is 25.6 Å². The molecule has 4 aromatic rings. The Morgan fingerprint density at radius 3 is 2.06 bits per heavy atom. The Morgan fingerprint density at radius 1 is 0.846 bits per heavy atom. The summed E-state index contributed by atoms with van der Waals surface area (Å²) in [6.45, 7) is 7.40. The number of carboxylic acids is 1. The van der Waals surface area contributed by atoms with E-state index in [4.69, 9.17) is 14.9 Å². The number of likely N-dealkylation sites (tertiary alicyclic amines) is 1. The fraction of sp³-hybridized carbons (Fsp3) is 0.371. The molecule has 3 aromatic heterocycles. The summed E-state index contributed by atoms with van der Waals surface area (Å²) in [6.07, 6.45) is 2.76. The monoisotopic (exact) mass is 714 g/mol. The van der Waals surface area contributed by atoms with Crippen LogP contribution < -0.4 is 21.3 Å². The zero-order chi connectivity index (χ0) is 37.5. The van der Waals surface area contributed by atoms with Crippen molar-refractivity contribution in [2.75, 3.05) is 55.3 Å². The van der Waals surface area contributed by atoms with Crippen molar-refractivity contribution in [3.8, 4) is 11.5 Å². The molecule has 0 atom stereocenters. The minimum Gasteiger partial charge on any atom is -0.481 e. The highest BCUT2D eigenvalue weighted by molar-refractivity contribution is 5.96. The number of amides is 2. The van der Waals surface area contributed by atoms with Crippen LogP contribution in [-0.2, 0) is 14.3 Å². The van der Waals surface area contributed by atoms with E-state index in [1.54, 1.807) is 57.4 Å². The Hall–Kier alpha value is -5.78. The number of aryl methyl sites for hydroxylation is 1. The third-order valence-corrected chi connectivity index (χ3v) is 8.19. The lowest BCUT2D eigenvalue weighted by Crippen LogP contribution is -2.64. The predicted molar refractivity (Wildman–Crippen MR) is 191 cm³/mol. The third kappa shape index (κ3) is 9.11. The molecular formula is C35H42N10O7. The number of pyridine rings is 1. The molecule has 2 aliphatic rings. The lowest BCUT2D eigenvalue weighted by molar-refractivity contribution is -0.163. The van der Waals surface area contributed by atoms with Gasteiger partial charge >= 0.3 is 12.1 Å². The van der Waals surface area contributed by atoms with E-state index in [1.165, 1.54) is 4.90 Å². The van der Waals surface area contributed by atoms with Gasteiger partial charge in [-0.2, -0.15) is 4.98 Å². The van der Waals surface area contributed by atoms with Gasteiger partial charge in [0.15, 0.2) is 5.82 Å². The van der Waals surface area contributed by atoms with Gasteiger partial charge in [0.05, 0.1) is 18.6 Å². The van der Waals surface area contributed by atoms with Crippen LogP contribution in [0.3, 0.4) is 0 Å². The van der Waals surface area contributed by atoms with E-state index < -0.39 is 35.1 Å². The average molecular weight is 715 g/mol. The van der Waals surface area contributed by atoms with Crippen LogP contribution >= 0.6 is 0 Å². The number of anilines is 5. The Kier molecular flexibility index (Phi) is 11.3. The molecule has 0 aliphatic carbocycles. The molecule has 0 bridgehead atoms. The van der Waals surface area contributed by atoms with Gasteiger partial charge in [-0.05, 0) is 76.2 Å². The van der Waals surface area contributed by atoms with Crippen molar-refractivity contribution < 1.29 is 34.4 Å². The first-order valence-corrected chi connectivity index (χ1v) is 16.4. The van der Waals surface area contributed by atoms with Gasteiger partial charge in [0.25, 0.3) is 0 Å². The summed E-state index contributed by atoms with van der Waals surface area (Å²) >= 11 is 0. The van der Waals surface area contributed by atoms with Gasteiger partial charge in [-0.25, -0.2) is 24.7 Å². The molecule has 0 spiro atoms. The molecule has 5 heterocycles. The minimum absolute atomic E-state index is 0.00620. The summed E-state index contributed by atoms with van der Waals surface area (Å²) in [6, 6.07) is 16.4. The van der Waals surface area contributed by atoms with Gasteiger partial charge in [-0.15, -0.1) is 0 Å². The molecule has 7 N–H and O–H groups in total. The first-order valence-electron chi connectivity index (χ1n) is 16.4. The van der Waals surface area contributed by atoms with Crippen molar-refractivity contribution in [3.63, 3.8) is 0 Å². The van der Waals surface area contributed by atoms with Crippen molar-refractivity contribution in [1.82, 2.24) is 35.1 Å². The van der Waals surface area contributed by atoms with Crippen molar-refractivity contribution in [1.29, 1.82) is 0 Å². The molecule has 0 unspecified atom stereocenters. The number of hydrogen-bond acceptors (Lipinski definition) is 14. The number of rotatable bonds is 10. The first kappa shape index (κ1) is 37.5. The largest absolute Gasteiger partial charge is 0.481 e. The SMILES string of the molecule is CC(C)(C)OC(=O)N1CC(CO)(C(=O)O)C1.Cc1cccc(-c2nccc(Nc3ccnc(Nc4ccc(NC(=O)C5(CO)CNC5)cc4)n3)n2)n1. The van der Waals surface area contributed by atoms with Gasteiger partial charge in [0, 0.05) is 55.6 Å². The van der Waals surface area contributed by atoms with Crippen LogP contribution in [0.15, 0.2) is 67.0 Å². The van der Waals surface area contributed by atoms with Crippen LogP contribution in [0.1, 0.15) is 26.5 Å². The summed E-state index contributed by atoms with van der Waals surface area (Å²) in [4.78, 5) is 58.2. The molecule has 0 radical (unpaired) electrons. The lowest BCUT2D eigenvalue weighted by atomic mass is 9.81. The lowest BCUT2D eigenvalue weighted by Gasteiger charge is -2.45. The average Bonchev–Trinajstić information content (AvgIpc) is 3.05. The van der Waals surface area contributed by atoms with Crippen LogP contribution in [0.4, 0.5) is 33.8 Å². The smallest absolute Gasteiger partial charge is 0.410 e. The normalized spacial score (nSPS) is 15.5. The van der Waals surface area contributed by atoms with Gasteiger partial charge in [-0.1, -0.05) is 6.07 Å². The minimum atomic E-state index is -1.21. The van der Waals surface area contributed by atoms with Crippen molar-refractivity contribution >= 4 is 46.9 Å². The Balaban J connectivity index is 0.000000275. The standard InChI is InChI=1S/C25H25N9O2.C10H17NO5/c1-16-3-2-4-19(29-16)22-27-11-9-20(33-22)32-21-10-12-28-24(34-21)31-18-7-5-17(6-8-18)30-23(36)25(15-35)13-26-14-25;1-9(2,3)16-8(15)11-4-10(5-11,6-12)7(13)14/h2-12,26,35H,13-15H2,1H3,(H,30,36)(H2,27,28,31,32,33,34);12H,4-6H2,1-3H3,(H,13,14). The van der Waals surface area contributed by atoms with Crippen molar-refractivity contribution in [2.45, 2.75) is 33.3 Å². The molecule has 17 nitrogen and oxygen atoms in total. The van der Waals surface area contributed by atoms with Crippen LogP contribution in [0.5, 0.6) is 0 Å². The molecule has 2 saturated heterocycles. The highest BCUT2D eigenvalue weighted by Gasteiger charge is 2.52. The van der Waals surface area contributed by atoms with Crippen LogP contribution in [0, 0.1) is 17.8 Å². The van der Waals surface area contributed by atoms with Crippen LogP contribution in [-0.4, -0.2) is 108 Å². The van der Waals surface area contributed by atoms with E-state index in [0.717, 1.165) is 11.4 Å². The quantitative estimate of drug-likeness (QED) is 0.125. The van der Waals surface area contributed by atoms with E-state index in [0.29, 0.717) is 47.9 Å². The van der Waals surface area contributed by atoms with E-state index in [9.17, 15) is 19.5 Å².